The zero-order valence-electron chi connectivity index (χ0n) is 20.2. The van der Waals surface area contributed by atoms with Gasteiger partial charge in [-0.25, -0.2) is 4.99 Å². The molecule has 6 heteroatoms. The van der Waals surface area contributed by atoms with Gasteiger partial charge in [0.2, 0.25) is 5.90 Å². The molecule has 0 saturated heterocycles. The van der Waals surface area contributed by atoms with Crippen LogP contribution in [0.2, 0.25) is 0 Å². The molecule has 1 atom stereocenters. The van der Waals surface area contributed by atoms with Crippen LogP contribution >= 0.6 is 0 Å². The van der Waals surface area contributed by atoms with E-state index in [0.29, 0.717) is 23.7 Å². The molecule has 0 aliphatic carbocycles. The van der Waals surface area contributed by atoms with Crippen LogP contribution in [0.4, 0.5) is 5.69 Å². The Bertz CT molecular complexity index is 1430. The van der Waals surface area contributed by atoms with Gasteiger partial charge in [-0.3, -0.25) is 5.32 Å². The molecule has 0 radical (unpaired) electrons. The van der Waals surface area contributed by atoms with Gasteiger partial charge in [-0.2, -0.15) is 0 Å². The van der Waals surface area contributed by atoms with Gasteiger partial charge in [-0.15, -0.1) is 0 Å². The summed E-state index contributed by atoms with van der Waals surface area (Å²) in [5.74, 6) is 1.23. The minimum absolute atomic E-state index is 0.389. The first kappa shape index (κ1) is 23.3. The van der Waals surface area contributed by atoms with Gasteiger partial charge >= 0.3 is 0 Å². The van der Waals surface area contributed by atoms with Crippen LogP contribution in [0, 0.1) is 6.92 Å². The minimum Gasteiger partial charge on any atom is -0.496 e. The number of methoxy groups -OCH3 is 1. The molecule has 0 aromatic heterocycles. The molecule has 0 bridgehead atoms. The van der Waals surface area contributed by atoms with E-state index in [1.807, 2.05) is 91.9 Å². The van der Waals surface area contributed by atoms with E-state index in [4.69, 9.17) is 14.5 Å². The molecule has 1 unspecified atom stereocenters. The molecular formula is C30H27N3O3. The van der Waals surface area contributed by atoms with Crippen molar-refractivity contribution in [3.63, 3.8) is 0 Å². The maximum atomic E-state index is 10.1. The number of nitrogens with one attached hydrogen (secondary N) is 1. The van der Waals surface area contributed by atoms with E-state index in [9.17, 15) is 5.21 Å². The van der Waals surface area contributed by atoms with Gasteiger partial charge in [-0.1, -0.05) is 71.9 Å². The summed E-state index contributed by atoms with van der Waals surface area (Å²) in [5.41, 5.74) is 6.54. The van der Waals surface area contributed by atoms with Crippen molar-refractivity contribution in [3.05, 3.63) is 130 Å². The molecule has 0 fully saturated rings. The molecule has 2 N–H and O–H groups in total. The highest BCUT2D eigenvalue weighted by atomic mass is 16.5. The predicted octanol–water partition coefficient (Wildman–Crippen LogP) is 6.13. The fraction of sp³-hybridized carbons (Fsp3) is 0.133. The number of para-hydroxylation sites is 1. The van der Waals surface area contributed by atoms with Crippen LogP contribution < -0.4 is 10.1 Å². The second-order valence-corrected chi connectivity index (χ2v) is 8.52. The summed E-state index contributed by atoms with van der Waals surface area (Å²) >= 11 is 0. The molecule has 36 heavy (non-hydrogen) atoms. The highest BCUT2D eigenvalue weighted by Gasteiger charge is 2.27. The number of benzene rings is 4. The number of hydrogen-bond acceptors (Lipinski definition) is 6. The normalized spacial score (nSPS) is 15.0. The molecule has 4 aromatic carbocycles. The monoisotopic (exact) mass is 477 g/mol. The third kappa shape index (κ3) is 4.72. The van der Waals surface area contributed by atoms with Gasteiger partial charge in [0.15, 0.2) is 6.23 Å². The Hall–Kier alpha value is -4.42. The highest BCUT2D eigenvalue weighted by Crippen LogP contribution is 2.34. The summed E-state index contributed by atoms with van der Waals surface area (Å²) in [6.07, 6.45) is -0.389. The molecule has 5 rings (SSSR count). The molecule has 1 aliphatic rings. The Morgan fingerprint density at radius 2 is 1.72 bits per heavy atom. The predicted molar refractivity (Wildman–Crippen MR) is 141 cm³/mol. The lowest BCUT2D eigenvalue weighted by Gasteiger charge is -2.27. The lowest BCUT2D eigenvalue weighted by atomic mass is 9.95. The van der Waals surface area contributed by atoms with E-state index in [0.717, 1.165) is 39.3 Å². The van der Waals surface area contributed by atoms with E-state index in [1.54, 1.807) is 7.11 Å². The van der Waals surface area contributed by atoms with E-state index in [1.165, 1.54) is 0 Å². The number of aryl methyl sites for hydroxylation is 1. The second-order valence-electron chi connectivity index (χ2n) is 8.52. The van der Waals surface area contributed by atoms with Crippen LogP contribution in [-0.4, -0.2) is 23.9 Å². The molecular weight excluding hydrogens is 450 g/mol. The molecule has 0 spiro atoms. The largest absolute Gasteiger partial charge is 0.496 e. The van der Waals surface area contributed by atoms with Crippen LogP contribution in [0.25, 0.3) is 0 Å². The summed E-state index contributed by atoms with van der Waals surface area (Å²) in [4.78, 5) is 4.83. The zero-order chi connectivity index (χ0) is 24.9. The standard InChI is InChI=1S/C30H27N3O3/c1-20-18-22(16-17-27(20)35-2)28(33-34)23-12-6-7-13-24(23)30-32-26-15-9-8-14-25(26)29(36-30)31-19-21-10-4-3-5-11-21/h3-18,29,31,34H,19H2,1-2H3/b33-28+. The van der Waals surface area contributed by atoms with Crippen molar-refractivity contribution in [2.75, 3.05) is 7.11 Å². The number of nitrogens with zero attached hydrogens (tertiary/aromatic N) is 2. The van der Waals surface area contributed by atoms with Crippen molar-refractivity contribution in [1.29, 1.82) is 0 Å². The van der Waals surface area contributed by atoms with Crippen molar-refractivity contribution < 1.29 is 14.7 Å². The summed E-state index contributed by atoms with van der Waals surface area (Å²) in [5, 5.41) is 17.2. The lowest BCUT2D eigenvalue weighted by molar-refractivity contribution is 0.148. The first-order valence-electron chi connectivity index (χ1n) is 11.8. The molecule has 1 aliphatic heterocycles. The Kier molecular flexibility index (Phi) is 6.78. The van der Waals surface area contributed by atoms with E-state index in [-0.39, 0.29) is 6.23 Å². The first-order chi connectivity index (χ1) is 17.7. The molecule has 0 saturated carbocycles. The summed E-state index contributed by atoms with van der Waals surface area (Å²) in [7, 11) is 1.64. The third-order valence-corrected chi connectivity index (χ3v) is 6.19. The average molecular weight is 478 g/mol. The summed E-state index contributed by atoms with van der Waals surface area (Å²) in [6, 6.07) is 31.5. The fourth-order valence-corrected chi connectivity index (χ4v) is 4.37. The summed E-state index contributed by atoms with van der Waals surface area (Å²) < 4.78 is 11.8. The maximum Gasteiger partial charge on any atom is 0.223 e. The average Bonchev–Trinajstić information content (AvgIpc) is 2.93. The van der Waals surface area contributed by atoms with Crippen LogP contribution in [0.15, 0.2) is 107 Å². The number of fused-ring (bicyclic) bond motifs is 1. The van der Waals surface area contributed by atoms with Crippen molar-refractivity contribution in [2.24, 2.45) is 10.1 Å². The van der Waals surface area contributed by atoms with Crippen LogP contribution in [0.1, 0.15) is 39.6 Å². The Labute approximate surface area is 210 Å². The smallest absolute Gasteiger partial charge is 0.223 e. The topological polar surface area (TPSA) is 75.4 Å². The van der Waals surface area contributed by atoms with Gasteiger partial charge < -0.3 is 14.7 Å². The fourth-order valence-electron chi connectivity index (χ4n) is 4.37. The Balaban J connectivity index is 1.52. The van der Waals surface area contributed by atoms with E-state index in [2.05, 4.69) is 22.6 Å². The SMILES string of the molecule is COc1ccc(/C(=N\O)c2ccccc2C2=Nc3ccccc3C(NCc3ccccc3)O2)cc1C. The van der Waals surface area contributed by atoms with E-state index >= 15 is 0 Å². The Morgan fingerprint density at radius 1 is 0.972 bits per heavy atom. The number of hydrogen-bond donors (Lipinski definition) is 2. The van der Waals surface area contributed by atoms with E-state index < -0.39 is 0 Å². The van der Waals surface area contributed by atoms with Crippen molar-refractivity contribution in [1.82, 2.24) is 5.32 Å². The maximum absolute atomic E-state index is 10.1. The Morgan fingerprint density at radius 3 is 2.50 bits per heavy atom. The highest BCUT2D eigenvalue weighted by molar-refractivity contribution is 6.18. The van der Waals surface area contributed by atoms with Crippen LogP contribution in [-0.2, 0) is 11.3 Å². The number of rotatable bonds is 7. The van der Waals surface area contributed by atoms with Crippen molar-refractivity contribution in [3.8, 4) is 5.75 Å². The third-order valence-electron chi connectivity index (χ3n) is 6.19. The molecule has 1 heterocycles. The summed E-state index contributed by atoms with van der Waals surface area (Å²) in [6.45, 7) is 2.60. The van der Waals surface area contributed by atoms with Gasteiger partial charge in [0, 0.05) is 28.8 Å². The molecule has 4 aromatic rings. The van der Waals surface area contributed by atoms with Gasteiger partial charge in [0.1, 0.15) is 11.5 Å². The van der Waals surface area contributed by atoms with Gasteiger partial charge in [0.25, 0.3) is 0 Å². The first-order valence-corrected chi connectivity index (χ1v) is 11.8. The molecule has 6 nitrogen and oxygen atoms in total. The zero-order valence-corrected chi connectivity index (χ0v) is 20.2. The second kappa shape index (κ2) is 10.5. The number of oxime groups is 1. The van der Waals surface area contributed by atoms with Crippen LogP contribution in [0.3, 0.4) is 0 Å². The van der Waals surface area contributed by atoms with Gasteiger partial charge in [0.05, 0.1) is 12.8 Å². The van der Waals surface area contributed by atoms with Crippen molar-refractivity contribution in [2.45, 2.75) is 19.7 Å². The van der Waals surface area contributed by atoms with Crippen LogP contribution in [0.5, 0.6) is 5.75 Å². The molecule has 0 amide bonds. The van der Waals surface area contributed by atoms with Crippen molar-refractivity contribution >= 4 is 17.3 Å². The van der Waals surface area contributed by atoms with Gasteiger partial charge in [-0.05, 0) is 48.4 Å². The lowest BCUT2D eigenvalue weighted by Crippen LogP contribution is -2.29. The number of ether oxygens (including phenoxy) is 2. The number of aliphatic imine (C=N–C) groups is 1. The minimum atomic E-state index is -0.389. The quantitative estimate of drug-likeness (QED) is 0.191. The molecule has 180 valence electrons.